The second kappa shape index (κ2) is 21.3. The van der Waals surface area contributed by atoms with Crippen molar-refractivity contribution in [2.75, 3.05) is 54.1 Å². The van der Waals surface area contributed by atoms with Crippen LogP contribution in [0.25, 0.3) is 33.3 Å². The maximum absolute atomic E-state index is 14.7. The number of methoxy groups -OCH3 is 2. The van der Waals surface area contributed by atoms with Gasteiger partial charge < -0.3 is 39.0 Å². The van der Waals surface area contributed by atoms with E-state index in [-0.39, 0.29) is 50.3 Å². The number of cyclic esters (lactones) is 1. The van der Waals surface area contributed by atoms with Gasteiger partial charge in [-0.05, 0) is 103 Å². The van der Waals surface area contributed by atoms with Crippen LogP contribution in [0.2, 0.25) is 0 Å². The lowest BCUT2D eigenvalue weighted by molar-refractivity contribution is -0.155. The topological polar surface area (TPSA) is 185 Å². The largest absolute Gasteiger partial charge is 0.508 e. The predicted molar refractivity (Wildman–Crippen MR) is 256 cm³/mol. The Morgan fingerprint density at radius 3 is 2.59 bits per heavy atom. The van der Waals surface area contributed by atoms with Crippen LogP contribution in [0.1, 0.15) is 70.7 Å². The molecule has 3 N–H and O–H groups in total. The van der Waals surface area contributed by atoms with Crippen molar-refractivity contribution in [3.05, 3.63) is 71.5 Å². The third-order valence-electron chi connectivity index (χ3n) is 13.2. The van der Waals surface area contributed by atoms with E-state index in [0.29, 0.717) is 56.5 Å². The number of pyridine rings is 1. The van der Waals surface area contributed by atoms with Crippen LogP contribution >= 0.6 is 0 Å². The Labute approximate surface area is 398 Å². The molecule has 3 aliphatic heterocycles. The number of rotatable bonds is 10. The first-order valence-electron chi connectivity index (χ1n) is 23.5. The number of amides is 4. The number of aromatic nitrogens is 2. The van der Waals surface area contributed by atoms with E-state index in [9.17, 15) is 29.1 Å². The smallest absolute Gasteiger partial charge is 0.324 e. The number of likely N-dealkylation sites (N-methyl/N-ethyl adjacent to an activating group) is 1. The molecule has 5 heterocycles. The molecule has 2 saturated heterocycles. The number of hydrogen-bond acceptors (Lipinski definition) is 11. The van der Waals surface area contributed by atoms with E-state index in [2.05, 4.69) is 66.1 Å². The molecule has 4 aromatic rings. The lowest BCUT2D eigenvalue weighted by Crippen LogP contribution is -2.62. The van der Waals surface area contributed by atoms with Gasteiger partial charge in [0, 0.05) is 81.9 Å². The number of likely N-dealkylation sites (tertiary alicyclic amines) is 1. The standard InChI is InChI=1S/C52H65N7O9/c1-9-58-44-17-16-34-27-39(44)40(47(58)38-13-10-19-53-43(38)30-67-8)28-52(4,5)31-68-51(65)41-14-11-20-59(55-41)50(64)42(25-33-23-36(34)26-37(60)24-33)54-48(62)46(32(2)3)56(6)49(63)35-18-21-57(29-35)45(61)15-12-22-66-7/h10,13,16-17,19,23-24,26-27,32,35,41-42,46,55,60H,9,11,14,18,20-22,25,28-31H2,1-8H3,(H,54,62)/t35-,41-,42-,46-/m0/s1. The molecule has 16 heteroatoms. The van der Waals surface area contributed by atoms with Gasteiger partial charge in [0.2, 0.25) is 11.8 Å². The monoisotopic (exact) mass is 931 g/mol. The lowest BCUT2D eigenvalue weighted by Gasteiger charge is -2.37. The molecule has 4 amide bonds. The molecule has 16 nitrogen and oxygen atoms in total. The van der Waals surface area contributed by atoms with Gasteiger partial charge in [-0.15, -0.1) is 0 Å². The molecule has 4 atom stereocenters. The summed E-state index contributed by atoms with van der Waals surface area (Å²) in [5, 5.41) is 16.7. The Kier molecular flexibility index (Phi) is 15.6. The molecule has 0 unspecified atom stereocenters. The van der Waals surface area contributed by atoms with Gasteiger partial charge in [-0.25, -0.2) is 5.43 Å². The van der Waals surface area contributed by atoms with Gasteiger partial charge in [-0.1, -0.05) is 45.7 Å². The summed E-state index contributed by atoms with van der Waals surface area (Å²) in [7, 11) is 4.71. The number of aryl methyl sites for hydroxylation is 1. The average Bonchev–Trinajstić information content (AvgIpc) is 3.93. The molecule has 2 aromatic carbocycles. The third-order valence-corrected chi connectivity index (χ3v) is 13.2. The number of carbonyl (C=O) groups is 5. The van der Waals surface area contributed by atoms with Crippen molar-refractivity contribution in [3.8, 4) is 40.0 Å². The van der Waals surface area contributed by atoms with Gasteiger partial charge in [-0.3, -0.25) is 34.0 Å². The van der Waals surface area contributed by atoms with Crippen LogP contribution in [0.4, 0.5) is 0 Å². The summed E-state index contributed by atoms with van der Waals surface area (Å²) in [5.41, 5.74) is 9.49. The summed E-state index contributed by atoms with van der Waals surface area (Å²) in [6.07, 6.45) is 3.63. The van der Waals surface area contributed by atoms with Crippen molar-refractivity contribution >= 4 is 40.5 Å². The number of phenolic OH excluding ortho intramolecular Hbond substituents is 1. The zero-order valence-electron chi connectivity index (χ0n) is 40.5. The minimum absolute atomic E-state index is 0.0182. The van der Waals surface area contributed by atoms with E-state index in [0.717, 1.165) is 39.0 Å². The van der Waals surface area contributed by atoms with Crippen LogP contribution in [-0.2, 0) is 64.2 Å². The molecule has 0 saturated carbocycles. The minimum Gasteiger partial charge on any atom is -0.508 e. The molecule has 3 aliphatic rings. The molecular formula is C52H65N7O9. The molecule has 0 aliphatic carbocycles. The molecular weight excluding hydrogens is 867 g/mol. The molecule has 7 rings (SSSR count). The van der Waals surface area contributed by atoms with Crippen LogP contribution < -0.4 is 10.7 Å². The summed E-state index contributed by atoms with van der Waals surface area (Å²) in [6.45, 7) is 11.9. The first-order chi connectivity index (χ1) is 32.5. The maximum Gasteiger partial charge on any atom is 0.324 e. The Bertz CT molecular complexity index is 2610. The Morgan fingerprint density at radius 2 is 1.85 bits per heavy atom. The summed E-state index contributed by atoms with van der Waals surface area (Å²) < 4.78 is 18.9. The number of hydrogen-bond donors (Lipinski definition) is 3. The summed E-state index contributed by atoms with van der Waals surface area (Å²) in [6, 6.07) is 12.4. The Balaban J connectivity index is 1.27. The zero-order valence-corrected chi connectivity index (χ0v) is 40.5. The van der Waals surface area contributed by atoms with Crippen LogP contribution in [0.15, 0.2) is 54.7 Å². The molecule has 68 heavy (non-hydrogen) atoms. The number of fused-ring (bicyclic) bond motifs is 6. The van der Waals surface area contributed by atoms with Gasteiger partial charge in [0.05, 0.1) is 30.5 Å². The van der Waals surface area contributed by atoms with Crippen LogP contribution in [-0.4, -0.2) is 131 Å². The van der Waals surface area contributed by atoms with Crippen molar-refractivity contribution < 1.29 is 43.3 Å². The number of nitrogens with zero attached hydrogens (tertiary/aromatic N) is 5. The van der Waals surface area contributed by atoms with E-state index in [1.807, 2.05) is 32.0 Å². The Morgan fingerprint density at radius 1 is 1.06 bits per heavy atom. The number of phenols is 1. The summed E-state index contributed by atoms with van der Waals surface area (Å²) in [5.74, 6) is 2.07. The zero-order chi connectivity index (χ0) is 48.9. The number of carbonyl (C=O) groups excluding carboxylic acids is 5. The van der Waals surface area contributed by atoms with Crippen molar-refractivity contribution in [2.45, 2.75) is 98.0 Å². The number of nitrogens with one attached hydrogen (secondary N) is 2. The van der Waals surface area contributed by atoms with Gasteiger partial charge in [0.1, 0.15) is 30.5 Å². The van der Waals surface area contributed by atoms with E-state index >= 15 is 0 Å². The van der Waals surface area contributed by atoms with Crippen LogP contribution in [0.5, 0.6) is 5.75 Å². The molecule has 0 radical (unpaired) electrons. The van der Waals surface area contributed by atoms with Gasteiger partial charge in [0.25, 0.3) is 11.8 Å². The normalized spacial score (nSPS) is 20.0. The van der Waals surface area contributed by atoms with E-state index in [4.69, 9.17) is 19.2 Å². The third kappa shape index (κ3) is 10.9. The second-order valence-corrected chi connectivity index (χ2v) is 19.3. The molecule has 2 aromatic heterocycles. The highest BCUT2D eigenvalue weighted by molar-refractivity contribution is 5.97. The average molecular weight is 932 g/mol. The quantitative estimate of drug-likeness (QED) is 0.146. The lowest BCUT2D eigenvalue weighted by atomic mass is 9.84. The number of benzene rings is 2. The van der Waals surface area contributed by atoms with E-state index < -0.39 is 53.1 Å². The molecule has 6 bridgehead atoms. The van der Waals surface area contributed by atoms with E-state index in [1.165, 1.54) is 21.9 Å². The van der Waals surface area contributed by atoms with Crippen molar-refractivity contribution in [3.63, 3.8) is 0 Å². The van der Waals surface area contributed by atoms with Crippen LogP contribution in [0.3, 0.4) is 0 Å². The number of hydrazine groups is 1. The fourth-order valence-corrected chi connectivity index (χ4v) is 9.94. The highest BCUT2D eigenvalue weighted by atomic mass is 16.5. The van der Waals surface area contributed by atoms with Crippen molar-refractivity contribution in [1.29, 1.82) is 0 Å². The second-order valence-electron chi connectivity index (χ2n) is 19.3. The Hall–Kier alpha value is -6.28. The number of esters is 1. The predicted octanol–water partition coefficient (Wildman–Crippen LogP) is 4.87. The molecule has 2 fully saturated rings. The van der Waals surface area contributed by atoms with E-state index in [1.54, 1.807) is 32.5 Å². The maximum atomic E-state index is 14.7. The summed E-state index contributed by atoms with van der Waals surface area (Å²) >= 11 is 0. The SMILES string of the molecule is CCn1c(-c2cccnc2COC)c2c3cc(ccc31)-c1cc(O)cc(c1)C[C@H](NC(=O)[C@H](C(C)C)N(C)C(=O)[C@H]1CCN(C(=O)C#CCOC)C1)C(=O)N1CCC[C@H](N1)C(=O)OCC(C)(C)C2. The molecule has 362 valence electrons. The fraction of sp³-hybridized carbons (Fsp3) is 0.500. The number of ether oxygens (including phenoxy) is 3. The first-order valence-corrected chi connectivity index (χ1v) is 23.5. The number of aromatic hydroxyl groups is 1. The minimum atomic E-state index is -1.18. The van der Waals surface area contributed by atoms with Gasteiger partial charge in [-0.2, -0.15) is 0 Å². The van der Waals surface area contributed by atoms with Crippen molar-refractivity contribution in [1.82, 2.24) is 35.1 Å². The van der Waals surface area contributed by atoms with Gasteiger partial charge in [0.15, 0.2) is 0 Å². The van der Waals surface area contributed by atoms with Crippen molar-refractivity contribution in [2.24, 2.45) is 17.3 Å². The molecule has 0 spiro atoms. The summed E-state index contributed by atoms with van der Waals surface area (Å²) in [4.78, 5) is 77.6. The van der Waals surface area contributed by atoms with Gasteiger partial charge >= 0.3 is 5.97 Å². The fourth-order valence-electron chi connectivity index (χ4n) is 9.94. The highest BCUT2D eigenvalue weighted by Crippen LogP contribution is 2.41. The highest BCUT2D eigenvalue weighted by Gasteiger charge is 2.40. The van der Waals surface area contributed by atoms with Crippen LogP contribution in [0, 0.1) is 29.1 Å². The first kappa shape index (κ1) is 49.6.